The number of likely N-dealkylation sites (tertiary alicyclic amines) is 1. The molecule has 2 aromatic carbocycles. The van der Waals surface area contributed by atoms with Crippen LogP contribution >= 0.6 is 0 Å². The summed E-state index contributed by atoms with van der Waals surface area (Å²) in [5.41, 5.74) is 1.80. The van der Waals surface area contributed by atoms with Gasteiger partial charge < -0.3 is 18.8 Å². The van der Waals surface area contributed by atoms with Crippen molar-refractivity contribution < 1.29 is 18.7 Å². The van der Waals surface area contributed by atoms with Crippen LogP contribution in [-0.4, -0.2) is 30.0 Å². The zero-order chi connectivity index (χ0) is 23.0. The summed E-state index contributed by atoms with van der Waals surface area (Å²) in [5.74, 6) is 2.02. The summed E-state index contributed by atoms with van der Waals surface area (Å²) in [5, 5.41) is 0. The van der Waals surface area contributed by atoms with Crippen molar-refractivity contribution in [2.75, 3.05) is 13.1 Å². The third-order valence-electron chi connectivity index (χ3n) is 5.74. The number of rotatable bonds is 8. The molecule has 0 atom stereocenters. The van der Waals surface area contributed by atoms with E-state index in [4.69, 9.17) is 13.9 Å². The molecule has 4 rings (SSSR count). The van der Waals surface area contributed by atoms with Gasteiger partial charge in [0.05, 0.1) is 6.07 Å². The number of benzene rings is 2. The molecule has 6 heteroatoms. The molecule has 3 aromatic rings. The van der Waals surface area contributed by atoms with Gasteiger partial charge in [0.1, 0.15) is 30.0 Å². The van der Waals surface area contributed by atoms with Crippen LogP contribution in [0.1, 0.15) is 36.1 Å². The van der Waals surface area contributed by atoms with Gasteiger partial charge in [-0.2, -0.15) is 0 Å². The average molecular weight is 448 g/mol. The summed E-state index contributed by atoms with van der Waals surface area (Å²) in [6.07, 6.45) is 2.62. The maximum Gasteiger partial charge on any atom is 0.339 e. The Kier molecular flexibility index (Phi) is 7.45. The lowest BCUT2D eigenvalue weighted by molar-refractivity contribution is -0.132. The third-order valence-corrected chi connectivity index (χ3v) is 5.74. The van der Waals surface area contributed by atoms with Crippen molar-refractivity contribution in [3.05, 3.63) is 94.0 Å². The first-order valence-corrected chi connectivity index (χ1v) is 11.4. The Hall–Kier alpha value is -3.54. The molecule has 0 unspecified atom stereocenters. The number of carbonyl (C=O) groups is 1. The van der Waals surface area contributed by atoms with Gasteiger partial charge in [0.2, 0.25) is 5.91 Å². The maximum atomic E-state index is 12.7. The van der Waals surface area contributed by atoms with E-state index in [1.807, 2.05) is 59.5 Å². The molecule has 2 heterocycles. The van der Waals surface area contributed by atoms with Crippen LogP contribution in [0, 0.1) is 6.92 Å². The van der Waals surface area contributed by atoms with Gasteiger partial charge in [-0.25, -0.2) is 4.79 Å². The molecule has 0 aliphatic carbocycles. The van der Waals surface area contributed by atoms with E-state index in [1.54, 1.807) is 13.0 Å². The molecule has 1 fully saturated rings. The summed E-state index contributed by atoms with van der Waals surface area (Å²) in [6.45, 7) is 3.56. The molecule has 1 aromatic heterocycles. The van der Waals surface area contributed by atoms with E-state index >= 15 is 0 Å². The summed E-state index contributed by atoms with van der Waals surface area (Å²) in [6, 6.07) is 21.1. The highest BCUT2D eigenvalue weighted by Gasteiger charge is 2.24. The van der Waals surface area contributed by atoms with Crippen molar-refractivity contribution in [1.82, 2.24) is 4.90 Å². The summed E-state index contributed by atoms with van der Waals surface area (Å²) < 4.78 is 16.8. The fraction of sp³-hybridized carbons (Fsp3) is 0.333. The predicted octanol–water partition coefficient (Wildman–Crippen LogP) is 4.53. The van der Waals surface area contributed by atoms with E-state index in [9.17, 15) is 9.59 Å². The zero-order valence-corrected chi connectivity index (χ0v) is 18.9. The van der Waals surface area contributed by atoms with Crippen LogP contribution in [0.5, 0.6) is 11.5 Å². The Balaban J connectivity index is 1.22. The lowest BCUT2D eigenvalue weighted by atomic mass is 10.1. The molecule has 0 radical (unpaired) electrons. The first kappa shape index (κ1) is 22.6. The van der Waals surface area contributed by atoms with Crippen LogP contribution in [0.3, 0.4) is 0 Å². The summed E-state index contributed by atoms with van der Waals surface area (Å²) >= 11 is 0. The predicted molar refractivity (Wildman–Crippen MR) is 125 cm³/mol. The number of hydrogen-bond donors (Lipinski definition) is 0. The Morgan fingerprint density at radius 2 is 1.73 bits per heavy atom. The normalized spacial score (nSPS) is 14.2. The van der Waals surface area contributed by atoms with Gasteiger partial charge in [-0.3, -0.25) is 4.79 Å². The van der Waals surface area contributed by atoms with E-state index in [1.165, 1.54) is 6.07 Å². The van der Waals surface area contributed by atoms with Crippen molar-refractivity contribution in [1.29, 1.82) is 0 Å². The molecule has 1 saturated heterocycles. The third kappa shape index (κ3) is 6.72. The highest BCUT2D eigenvalue weighted by atomic mass is 16.5. The van der Waals surface area contributed by atoms with Crippen molar-refractivity contribution in [3.8, 4) is 11.5 Å². The molecule has 1 amide bonds. The number of aryl methyl sites for hydroxylation is 2. The average Bonchev–Trinajstić information content (AvgIpc) is 2.82. The molecule has 172 valence electrons. The Morgan fingerprint density at radius 3 is 2.48 bits per heavy atom. The molecule has 1 aliphatic heterocycles. The van der Waals surface area contributed by atoms with Gasteiger partial charge in [-0.15, -0.1) is 0 Å². The molecule has 0 spiro atoms. The maximum absolute atomic E-state index is 12.7. The second-order valence-electron chi connectivity index (χ2n) is 8.34. The topological polar surface area (TPSA) is 69.0 Å². The van der Waals surface area contributed by atoms with Crippen LogP contribution < -0.4 is 15.1 Å². The van der Waals surface area contributed by atoms with E-state index < -0.39 is 5.63 Å². The molecular weight excluding hydrogens is 418 g/mol. The van der Waals surface area contributed by atoms with Crippen LogP contribution in [-0.2, 0) is 17.8 Å². The number of amides is 1. The van der Waals surface area contributed by atoms with E-state index in [-0.39, 0.29) is 12.0 Å². The fourth-order valence-electron chi connectivity index (χ4n) is 4.00. The lowest BCUT2D eigenvalue weighted by Crippen LogP contribution is -2.41. The summed E-state index contributed by atoms with van der Waals surface area (Å²) in [7, 11) is 0. The first-order valence-electron chi connectivity index (χ1n) is 11.4. The highest BCUT2D eigenvalue weighted by molar-refractivity contribution is 5.76. The number of ether oxygens (including phenoxy) is 2. The minimum Gasteiger partial charge on any atom is -0.490 e. The first-order chi connectivity index (χ1) is 16.0. The molecule has 0 saturated carbocycles. The molecule has 33 heavy (non-hydrogen) atoms. The number of hydrogen-bond acceptors (Lipinski definition) is 5. The van der Waals surface area contributed by atoms with E-state index in [0.29, 0.717) is 44.0 Å². The number of carbonyl (C=O) groups excluding carboxylic acids is 1. The van der Waals surface area contributed by atoms with Gasteiger partial charge >= 0.3 is 5.63 Å². The van der Waals surface area contributed by atoms with Gasteiger partial charge in [-0.1, -0.05) is 42.5 Å². The fourth-order valence-corrected chi connectivity index (χ4v) is 4.00. The van der Waals surface area contributed by atoms with E-state index in [2.05, 4.69) is 0 Å². The lowest BCUT2D eigenvalue weighted by Gasteiger charge is -2.32. The monoisotopic (exact) mass is 447 g/mol. The number of piperidine rings is 1. The van der Waals surface area contributed by atoms with Gasteiger partial charge in [-0.05, 0) is 36.6 Å². The van der Waals surface area contributed by atoms with Crippen LogP contribution in [0.25, 0.3) is 0 Å². The quantitative estimate of drug-likeness (QED) is 0.508. The minimum atomic E-state index is -0.410. The second-order valence-corrected chi connectivity index (χ2v) is 8.34. The molecule has 6 nitrogen and oxygen atoms in total. The largest absolute Gasteiger partial charge is 0.490 e. The standard InChI is InChI=1S/C27H29NO5/c1-20-16-25(18-27(30)32-20)33-23-12-14-28(15-13-23)26(29)11-10-21-8-5-9-24(17-21)31-19-22-6-3-2-4-7-22/h2-9,16-18,23H,10-15,19H2,1H3. The van der Waals surface area contributed by atoms with Crippen LogP contribution in [0.2, 0.25) is 0 Å². The Labute approximate surface area is 193 Å². The van der Waals surface area contributed by atoms with Gasteiger partial charge in [0, 0.05) is 38.4 Å². The zero-order valence-electron chi connectivity index (χ0n) is 18.9. The summed E-state index contributed by atoms with van der Waals surface area (Å²) in [4.78, 5) is 26.1. The van der Waals surface area contributed by atoms with Crippen LogP contribution in [0.4, 0.5) is 0 Å². The Bertz CT molecular complexity index is 1120. The highest BCUT2D eigenvalue weighted by Crippen LogP contribution is 2.20. The number of nitrogens with zero attached hydrogens (tertiary/aromatic N) is 1. The van der Waals surface area contributed by atoms with Crippen LogP contribution in [0.15, 0.2) is 75.9 Å². The van der Waals surface area contributed by atoms with Gasteiger partial charge in [0.25, 0.3) is 0 Å². The van der Waals surface area contributed by atoms with Crippen molar-refractivity contribution in [3.63, 3.8) is 0 Å². The molecular formula is C27H29NO5. The molecule has 0 N–H and O–H groups in total. The van der Waals surface area contributed by atoms with Gasteiger partial charge in [0.15, 0.2) is 0 Å². The van der Waals surface area contributed by atoms with Crippen molar-refractivity contribution in [2.24, 2.45) is 0 Å². The molecule has 0 bridgehead atoms. The van der Waals surface area contributed by atoms with E-state index in [0.717, 1.165) is 29.7 Å². The molecule has 1 aliphatic rings. The van der Waals surface area contributed by atoms with Crippen molar-refractivity contribution >= 4 is 5.91 Å². The Morgan fingerprint density at radius 1 is 0.970 bits per heavy atom. The SMILES string of the molecule is Cc1cc(OC2CCN(C(=O)CCc3cccc(OCc4ccccc4)c3)CC2)cc(=O)o1. The van der Waals surface area contributed by atoms with Crippen molar-refractivity contribution in [2.45, 2.75) is 45.3 Å². The smallest absolute Gasteiger partial charge is 0.339 e. The minimum absolute atomic E-state index is 0.00584. The second kappa shape index (κ2) is 10.9.